The van der Waals surface area contributed by atoms with Gasteiger partial charge in [-0.3, -0.25) is 9.79 Å². The number of likely N-dealkylation sites (N-methyl/N-ethyl adjacent to an activating group) is 1. The Labute approximate surface area is 120 Å². The Kier molecular flexibility index (Phi) is 3.12. The lowest BCUT2D eigenvalue weighted by atomic mass is 10.0. The van der Waals surface area contributed by atoms with Gasteiger partial charge in [-0.25, -0.2) is 0 Å². The molecule has 5 heteroatoms. The zero-order valence-corrected chi connectivity index (χ0v) is 11.8. The molecule has 2 heterocycles. The molecule has 0 radical (unpaired) electrons. The molecule has 2 aromatic rings. The van der Waals surface area contributed by atoms with Gasteiger partial charge >= 0.3 is 0 Å². The van der Waals surface area contributed by atoms with Gasteiger partial charge in [-0.1, -0.05) is 29.8 Å². The highest BCUT2D eigenvalue weighted by molar-refractivity contribution is 7.14. The summed E-state index contributed by atoms with van der Waals surface area (Å²) in [5.41, 5.74) is 2.62. The predicted molar refractivity (Wildman–Crippen MR) is 79.7 cm³/mol. The minimum Gasteiger partial charge on any atom is -0.305 e. The van der Waals surface area contributed by atoms with Gasteiger partial charge in [-0.05, 0) is 17.5 Å². The Morgan fingerprint density at radius 3 is 2.84 bits per heavy atom. The van der Waals surface area contributed by atoms with E-state index in [1.807, 2.05) is 35.7 Å². The summed E-state index contributed by atoms with van der Waals surface area (Å²) >= 11 is 7.78. The monoisotopic (exact) mass is 290 g/mol. The summed E-state index contributed by atoms with van der Waals surface area (Å²) < 4.78 is 0. The maximum Gasteiger partial charge on any atom is 0.249 e. The van der Waals surface area contributed by atoms with Crippen LogP contribution in [0.3, 0.4) is 0 Å². The Bertz CT molecular complexity index is 678. The molecule has 0 atom stereocenters. The zero-order chi connectivity index (χ0) is 13.4. The first kappa shape index (κ1) is 12.4. The molecule has 0 fully saturated rings. The van der Waals surface area contributed by atoms with E-state index in [4.69, 9.17) is 11.6 Å². The van der Waals surface area contributed by atoms with Crippen molar-refractivity contribution in [2.45, 2.75) is 0 Å². The maximum absolute atomic E-state index is 11.9. The predicted octanol–water partition coefficient (Wildman–Crippen LogP) is 3.22. The van der Waals surface area contributed by atoms with Crippen molar-refractivity contribution in [3.05, 3.63) is 51.9 Å². The highest BCUT2D eigenvalue weighted by Crippen LogP contribution is 2.32. The molecule has 0 aliphatic carbocycles. The van der Waals surface area contributed by atoms with Crippen LogP contribution < -0.4 is 4.90 Å². The van der Waals surface area contributed by atoms with E-state index in [0.717, 1.165) is 21.8 Å². The first-order chi connectivity index (χ1) is 9.18. The number of carbonyl (C=O) groups excluding carboxylic acids is 1. The maximum atomic E-state index is 11.9. The van der Waals surface area contributed by atoms with Crippen LogP contribution in [0.1, 0.15) is 11.1 Å². The van der Waals surface area contributed by atoms with Crippen LogP contribution in [0.5, 0.6) is 0 Å². The fourth-order valence-electron chi connectivity index (χ4n) is 2.08. The normalized spacial score (nSPS) is 14.9. The molecule has 0 bridgehead atoms. The standard InChI is InChI=1S/C14H11ClN2OS/c1-17-12(18)8-16-13(10-6-7-19-14(10)17)9-4-2-3-5-11(9)15/h2-7H,8H2,1H3. The number of benzene rings is 1. The highest BCUT2D eigenvalue weighted by Gasteiger charge is 2.24. The number of nitrogens with zero attached hydrogens (tertiary/aromatic N) is 2. The number of amides is 1. The molecule has 1 aliphatic heterocycles. The van der Waals surface area contributed by atoms with Crippen LogP contribution in [0.15, 0.2) is 40.7 Å². The summed E-state index contributed by atoms with van der Waals surface area (Å²) in [6.07, 6.45) is 0. The molecule has 1 aliphatic rings. The fourth-order valence-corrected chi connectivity index (χ4v) is 3.19. The zero-order valence-electron chi connectivity index (χ0n) is 10.3. The number of hydrogen-bond acceptors (Lipinski definition) is 3. The van der Waals surface area contributed by atoms with Crippen molar-refractivity contribution in [1.29, 1.82) is 0 Å². The van der Waals surface area contributed by atoms with Crippen molar-refractivity contribution in [3.63, 3.8) is 0 Å². The van der Waals surface area contributed by atoms with E-state index in [-0.39, 0.29) is 12.5 Å². The summed E-state index contributed by atoms with van der Waals surface area (Å²) in [4.78, 5) is 18.0. The average molecular weight is 291 g/mol. The third kappa shape index (κ3) is 2.07. The Hall–Kier alpha value is -1.65. The summed E-state index contributed by atoms with van der Waals surface area (Å²) in [6.45, 7) is 0.151. The first-order valence-electron chi connectivity index (χ1n) is 5.82. The van der Waals surface area contributed by atoms with Crippen molar-refractivity contribution in [2.75, 3.05) is 18.5 Å². The number of aliphatic imine (C=N–C) groups is 1. The smallest absolute Gasteiger partial charge is 0.249 e. The molecule has 1 amide bonds. The minimum absolute atomic E-state index is 0.00856. The topological polar surface area (TPSA) is 32.7 Å². The number of halogens is 1. The minimum atomic E-state index is -0.00856. The molecule has 0 saturated heterocycles. The molecule has 0 N–H and O–H groups in total. The molecular formula is C14H11ClN2OS. The SMILES string of the molecule is CN1C(=O)CN=C(c2ccccc2Cl)c2ccsc21. The number of rotatable bonds is 1. The van der Waals surface area contributed by atoms with Gasteiger partial charge in [0.05, 0.1) is 5.71 Å². The lowest BCUT2D eigenvalue weighted by molar-refractivity contribution is -0.116. The van der Waals surface area contributed by atoms with E-state index >= 15 is 0 Å². The lowest BCUT2D eigenvalue weighted by Crippen LogP contribution is -2.26. The highest BCUT2D eigenvalue weighted by atomic mass is 35.5. The van der Waals surface area contributed by atoms with Crippen LogP contribution in [0, 0.1) is 0 Å². The molecular weight excluding hydrogens is 280 g/mol. The van der Waals surface area contributed by atoms with Gasteiger partial charge in [0.25, 0.3) is 0 Å². The molecule has 1 aromatic heterocycles. The van der Waals surface area contributed by atoms with E-state index in [2.05, 4.69) is 4.99 Å². The van der Waals surface area contributed by atoms with Gasteiger partial charge in [-0.2, -0.15) is 0 Å². The molecule has 0 unspecified atom stereocenters. The van der Waals surface area contributed by atoms with Gasteiger partial charge in [0.2, 0.25) is 5.91 Å². The quantitative estimate of drug-likeness (QED) is 0.794. The van der Waals surface area contributed by atoms with E-state index in [9.17, 15) is 4.79 Å². The van der Waals surface area contributed by atoms with Gasteiger partial charge in [0.15, 0.2) is 0 Å². The Morgan fingerprint density at radius 1 is 1.26 bits per heavy atom. The van der Waals surface area contributed by atoms with Crippen LogP contribution >= 0.6 is 22.9 Å². The molecule has 0 saturated carbocycles. The van der Waals surface area contributed by atoms with Crippen molar-refractivity contribution >= 4 is 39.6 Å². The van der Waals surface area contributed by atoms with Crippen molar-refractivity contribution < 1.29 is 4.79 Å². The number of thiophene rings is 1. The number of hydrogen-bond donors (Lipinski definition) is 0. The van der Waals surface area contributed by atoms with E-state index in [1.165, 1.54) is 11.3 Å². The van der Waals surface area contributed by atoms with Crippen LogP contribution in [-0.2, 0) is 4.79 Å². The fraction of sp³-hybridized carbons (Fsp3) is 0.143. The van der Waals surface area contributed by atoms with Crippen molar-refractivity contribution in [3.8, 4) is 0 Å². The van der Waals surface area contributed by atoms with Gasteiger partial charge in [-0.15, -0.1) is 11.3 Å². The molecule has 3 nitrogen and oxygen atoms in total. The molecule has 0 spiro atoms. The Morgan fingerprint density at radius 2 is 2.05 bits per heavy atom. The number of anilines is 1. The lowest BCUT2D eigenvalue weighted by Gasteiger charge is -2.13. The summed E-state index contributed by atoms with van der Waals surface area (Å²) in [5, 5.41) is 3.53. The first-order valence-corrected chi connectivity index (χ1v) is 7.08. The summed E-state index contributed by atoms with van der Waals surface area (Å²) in [7, 11) is 1.78. The van der Waals surface area contributed by atoms with Gasteiger partial charge < -0.3 is 4.90 Å². The summed E-state index contributed by atoms with van der Waals surface area (Å²) in [6, 6.07) is 9.55. The van der Waals surface area contributed by atoms with Crippen LogP contribution in [0.25, 0.3) is 0 Å². The van der Waals surface area contributed by atoms with Crippen LogP contribution in [0.4, 0.5) is 5.00 Å². The van der Waals surface area contributed by atoms with Crippen LogP contribution in [-0.4, -0.2) is 25.2 Å². The third-order valence-corrected chi connectivity index (χ3v) is 4.40. The molecule has 3 rings (SSSR count). The third-order valence-electron chi connectivity index (χ3n) is 3.08. The Balaban J connectivity index is 2.20. The van der Waals surface area contributed by atoms with Gasteiger partial charge in [0, 0.05) is 23.2 Å². The van der Waals surface area contributed by atoms with E-state index < -0.39 is 0 Å². The average Bonchev–Trinajstić information content (AvgIpc) is 2.85. The molecule has 1 aromatic carbocycles. The number of carbonyl (C=O) groups is 1. The number of fused-ring (bicyclic) bond motifs is 1. The van der Waals surface area contributed by atoms with E-state index in [1.54, 1.807) is 11.9 Å². The van der Waals surface area contributed by atoms with Crippen molar-refractivity contribution in [1.82, 2.24) is 0 Å². The molecule has 19 heavy (non-hydrogen) atoms. The second kappa shape index (κ2) is 4.79. The second-order valence-corrected chi connectivity index (χ2v) is 5.54. The van der Waals surface area contributed by atoms with Crippen LogP contribution in [0.2, 0.25) is 5.02 Å². The van der Waals surface area contributed by atoms with Crippen molar-refractivity contribution in [2.24, 2.45) is 4.99 Å². The van der Waals surface area contributed by atoms with E-state index in [0.29, 0.717) is 5.02 Å². The largest absolute Gasteiger partial charge is 0.305 e. The summed E-state index contributed by atoms with van der Waals surface area (Å²) in [5.74, 6) is -0.00856. The second-order valence-electron chi connectivity index (χ2n) is 4.24. The van der Waals surface area contributed by atoms with Gasteiger partial charge in [0.1, 0.15) is 11.5 Å². The molecule has 96 valence electrons.